The van der Waals surface area contributed by atoms with Gasteiger partial charge in [-0.05, 0) is 11.1 Å². The zero-order valence-corrected chi connectivity index (χ0v) is 7.93. The van der Waals surface area contributed by atoms with E-state index in [1.165, 1.54) is 11.1 Å². The summed E-state index contributed by atoms with van der Waals surface area (Å²) < 4.78 is 0. The van der Waals surface area contributed by atoms with Crippen LogP contribution in [-0.4, -0.2) is 0 Å². The molecule has 0 N–H and O–H groups in total. The second-order valence-electron chi connectivity index (χ2n) is 3.12. The third-order valence-electron chi connectivity index (χ3n) is 2.00. The molecule has 0 atom stereocenters. The van der Waals surface area contributed by atoms with Gasteiger partial charge >= 0.3 is 0 Å². The number of rotatable bonds is 0. The molecule has 0 fully saturated rings. The summed E-state index contributed by atoms with van der Waals surface area (Å²) in [6.45, 7) is 0. The lowest BCUT2D eigenvalue weighted by Crippen LogP contribution is -1.70. The van der Waals surface area contributed by atoms with E-state index in [0.717, 1.165) is 0 Å². The maximum Gasteiger partial charge on any atom is -0.0184 e. The normalized spacial score (nSPS) is 30.3. The van der Waals surface area contributed by atoms with E-state index in [-0.39, 0.29) is 0 Å². The summed E-state index contributed by atoms with van der Waals surface area (Å²) in [6.07, 6.45) is 24.7. The second-order valence-corrected chi connectivity index (χ2v) is 3.12. The minimum Gasteiger partial charge on any atom is -0.0623 e. The van der Waals surface area contributed by atoms with Crippen LogP contribution < -0.4 is 0 Å². The van der Waals surface area contributed by atoms with Crippen LogP contribution in [0.3, 0.4) is 0 Å². The SMILES string of the molecule is C1=CC1=C1\C=C/C=C/C=C\C=C\C=C\1. The monoisotopic (exact) mass is 180 g/mol. The number of hydrogen-bond acceptors (Lipinski definition) is 0. The van der Waals surface area contributed by atoms with Crippen LogP contribution in [0, 0.1) is 0 Å². The molecule has 0 saturated heterocycles. The molecule has 0 unspecified atom stereocenters. The Morgan fingerprint density at radius 1 is 0.357 bits per heavy atom. The Morgan fingerprint density at radius 3 is 1.14 bits per heavy atom. The average molecular weight is 180 g/mol. The summed E-state index contributed by atoms with van der Waals surface area (Å²) in [7, 11) is 0. The first-order valence-electron chi connectivity index (χ1n) is 4.74. The van der Waals surface area contributed by atoms with Gasteiger partial charge in [0, 0.05) is 0 Å². The highest BCUT2D eigenvalue weighted by Crippen LogP contribution is 2.21. The van der Waals surface area contributed by atoms with Crippen molar-refractivity contribution in [3.05, 3.63) is 84.1 Å². The van der Waals surface area contributed by atoms with Gasteiger partial charge in [0.1, 0.15) is 0 Å². The molecule has 0 heteroatoms. The molecule has 14 heavy (non-hydrogen) atoms. The van der Waals surface area contributed by atoms with E-state index in [1.807, 2.05) is 36.5 Å². The van der Waals surface area contributed by atoms with Crippen molar-refractivity contribution in [1.82, 2.24) is 0 Å². The first-order valence-corrected chi connectivity index (χ1v) is 4.74. The molecule has 0 aromatic carbocycles. The molecule has 2 aliphatic carbocycles. The predicted octanol–water partition coefficient (Wildman–Crippen LogP) is 3.65. The van der Waals surface area contributed by atoms with E-state index >= 15 is 0 Å². The molecule has 0 saturated carbocycles. The molecular formula is C14H12. The Morgan fingerprint density at radius 2 is 0.714 bits per heavy atom. The molecule has 2 aliphatic rings. The third-order valence-corrected chi connectivity index (χ3v) is 2.00. The van der Waals surface area contributed by atoms with Crippen LogP contribution >= 0.6 is 0 Å². The van der Waals surface area contributed by atoms with Crippen LogP contribution in [0.15, 0.2) is 84.1 Å². The van der Waals surface area contributed by atoms with Gasteiger partial charge in [-0.1, -0.05) is 72.9 Å². The lowest BCUT2D eigenvalue weighted by atomic mass is 10.2. The molecule has 0 nitrogen and oxygen atoms in total. The van der Waals surface area contributed by atoms with Gasteiger partial charge in [-0.3, -0.25) is 0 Å². The molecule has 0 spiro atoms. The Hall–Kier alpha value is -1.82. The van der Waals surface area contributed by atoms with Crippen LogP contribution in [-0.2, 0) is 0 Å². The van der Waals surface area contributed by atoms with Crippen LogP contribution in [0.2, 0.25) is 0 Å². The Bertz CT molecular complexity index is 371. The molecule has 0 aromatic rings. The largest absolute Gasteiger partial charge is 0.0623 e. The van der Waals surface area contributed by atoms with Gasteiger partial charge in [0.15, 0.2) is 0 Å². The molecule has 0 heterocycles. The van der Waals surface area contributed by atoms with Crippen molar-refractivity contribution >= 4 is 0 Å². The maximum atomic E-state index is 2.12. The molecule has 0 aromatic heterocycles. The van der Waals surface area contributed by atoms with Crippen LogP contribution in [0.25, 0.3) is 0 Å². The van der Waals surface area contributed by atoms with E-state index in [0.29, 0.717) is 0 Å². The zero-order valence-electron chi connectivity index (χ0n) is 7.93. The van der Waals surface area contributed by atoms with Gasteiger partial charge in [-0.15, -0.1) is 0 Å². The van der Waals surface area contributed by atoms with Crippen molar-refractivity contribution in [2.24, 2.45) is 0 Å². The molecule has 0 aliphatic heterocycles. The summed E-state index contributed by atoms with van der Waals surface area (Å²) >= 11 is 0. The quantitative estimate of drug-likeness (QED) is 0.534. The zero-order chi connectivity index (χ0) is 9.64. The maximum absolute atomic E-state index is 2.12. The Labute approximate surface area is 84.6 Å². The van der Waals surface area contributed by atoms with Gasteiger partial charge < -0.3 is 0 Å². The number of hydrogen-bond donors (Lipinski definition) is 0. The molecule has 68 valence electrons. The minimum absolute atomic E-state index is 1.27. The fraction of sp³-hybridized carbons (Fsp3) is 0. The molecule has 0 bridgehead atoms. The Kier molecular flexibility index (Phi) is 2.77. The van der Waals surface area contributed by atoms with E-state index < -0.39 is 0 Å². The number of allylic oxidation sites excluding steroid dienone is 14. The highest BCUT2D eigenvalue weighted by molar-refractivity contribution is 5.57. The fourth-order valence-electron chi connectivity index (χ4n) is 1.19. The van der Waals surface area contributed by atoms with Crippen molar-refractivity contribution in [3.8, 4) is 0 Å². The van der Waals surface area contributed by atoms with Crippen LogP contribution in [0.1, 0.15) is 0 Å². The van der Waals surface area contributed by atoms with Crippen LogP contribution in [0.4, 0.5) is 0 Å². The van der Waals surface area contributed by atoms with Crippen LogP contribution in [0.5, 0.6) is 0 Å². The second kappa shape index (κ2) is 4.43. The smallest absolute Gasteiger partial charge is 0.0184 e. The first kappa shape index (κ1) is 8.76. The summed E-state index contributed by atoms with van der Waals surface area (Å²) in [5, 5.41) is 0. The molecular weight excluding hydrogens is 168 g/mol. The lowest BCUT2D eigenvalue weighted by molar-refractivity contribution is 1.66. The van der Waals surface area contributed by atoms with Gasteiger partial charge in [0.05, 0.1) is 0 Å². The van der Waals surface area contributed by atoms with Gasteiger partial charge in [0.25, 0.3) is 0 Å². The highest BCUT2D eigenvalue weighted by atomic mass is 14.1. The van der Waals surface area contributed by atoms with E-state index in [2.05, 4.69) is 36.5 Å². The highest BCUT2D eigenvalue weighted by Gasteiger charge is 2.02. The van der Waals surface area contributed by atoms with Crippen molar-refractivity contribution in [2.75, 3.05) is 0 Å². The van der Waals surface area contributed by atoms with Crippen molar-refractivity contribution in [2.45, 2.75) is 0 Å². The average Bonchev–Trinajstić information content (AvgIpc) is 3.01. The summed E-state index contributed by atoms with van der Waals surface area (Å²) in [5.74, 6) is 0. The summed E-state index contributed by atoms with van der Waals surface area (Å²) in [4.78, 5) is 0. The standard InChI is InChI=1S/C14H12/c1-2-4-6-8-10-13(14-11-12-14)9-7-5-3-1/h1-12H/b2-1-,5-3+,6-4+,9-7-,10-8+. The minimum atomic E-state index is 1.27. The van der Waals surface area contributed by atoms with Crippen molar-refractivity contribution < 1.29 is 0 Å². The van der Waals surface area contributed by atoms with E-state index in [1.54, 1.807) is 0 Å². The van der Waals surface area contributed by atoms with Gasteiger partial charge in [-0.25, -0.2) is 0 Å². The summed E-state index contributed by atoms with van der Waals surface area (Å²) in [5.41, 5.74) is 2.59. The molecule has 0 amide bonds. The first-order chi connectivity index (χ1) is 6.97. The summed E-state index contributed by atoms with van der Waals surface area (Å²) in [6, 6.07) is 0. The Balaban J connectivity index is 2.23. The van der Waals surface area contributed by atoms with Crippen molar-refractivity contribution in [3.63, 3.8) is 0 Å². The van der Waals surface area contributed by atoms with Crippen molar-refractivity contribution in [1.29, 1.82) is 0 Å². The lowest BCUT2D eigenvalue weighted by Gasteiger charge is -1.89. The third kappa shape index (κ3) is 2.60. The van der Waals surface area contributed by atoms with E-state index in [4.69, 9.17) is 0 Å². The van der Waals surface area contributed by atoms with Gasteiger partial charge in [0.2, 0.25) is 0 Å². The fourth-order valence-corrected chi connectivity index (χ4v) is 1.19. The van der Waals surface area contributed by atoms with Gasteiger partial charge in [-0.2, -0.15) is 0 Å². The molecule has 0 radical (unpaired) electrons. The predicted molar refractivity (Wildman–Crippen MR) is 61.9 cm³/mol. The van der Waals surface area contributed by atoms with E-state index in [9.17, 15) is 0 Å². The topological polar surface area (TPSA) is 0 Å². The molecule has 2 rings (SSSR count).